The van der Waals surface area contributed by atoms with Gasteiger partial charge in [-0.25, -0.2) is 14.6 Å². The van der Waals surface area contributed by atoms with Gasteiger partial charge >= 0.3 is 6.18 Å². The second kappa shape index (κ2) is 11.7. The smallest absolute Gasteiger partial charge is 0.437 e. The van der Waals surface area contributed by atoms with E-state index in [1.54, 1.807) is 30.5 Å². The number of rotatable bonds is 8. The number of carbonyl (C=O) groups excluding carboxylic acids is 1. The van der Waals surface area contributed by atoms with Gasteiger partial charge in [0.2, 0.25) is 5.89 Å². The van der Waals surface area contributed by atoms with Crippen molar-refractivity contribution in [2.45, 2.75) is 52.6 Å². The van der Waals surface area contributed by atoms with Crippen LogP contribution in [0.5, 0.6) is 0 Å². The van der Waals surface area contributed by atoms with E-state index < -0.39 is 23.5 Å². The highest BCUT2D eigenvalue weighted by atomic mass is 19.4. The minimum Gasteiger partial charge on any atom is -0.444 e. The quantitative estimate of drug-likeness (QED) is 0.246. The number of alkyl halides is 3. The molecular formula is C28H31F3N6O2. The van der Waals surface area contributed by atoms with Crippen LogP contribution in [0.3, 0.4) is 0 Å². The molecule has 1 amide bonds. The van der Waals surface area contributed by atoms with Crippen LogP contribution >= 0.6 is 0 Å². The first-order valence-corrected chi connectivity index (χ1v) is 12.9. The van der Waals surface area contributed by atoms with E-state index in [4.69, 9.17) is 4.42 Å². The van der Waals surface area contributed by atoms with Gasteiger partial charge in [-0.1, -0.05) is 39.8 Å². The predicted molar refractivity (Wildman–Crippen MR) is 143 cm³/mol. The number of anilines is 2. The largest absolute Gasteiger partial charge is 0.444 e. The number of nitrogens with zero attached hydrogens (tertiary/aromatic N) is 4. The molecule has 0 saturated heterocycles. The highest BCUT2D eigenvalue weighted by molar-refractivity contribution is 6.03. The van der Waals surface area contributed by atoms with Crippen LogP contribution in [0.1, 0.15) is 68.2 Å². The molecule has 3 aromatic heterocycles. The normalized spacial score (nSPS) is 13.1. The van der Waals surface area contributed by atoms with E-state index in [2.05, 4.69) is 25.7 Å². The Morgan fingerprint density at radius 3 is 2.51 bits per heavy atom. The number of hydrogen-bond acceptors (Lipinski definition) is 6. The number of aromatic nitrogens is 4. The molecular weight excluding hydrogens is 509 g/mol. The predicted octanol–water partition coefficient (Wildman–Crippen LogP) is 7.16. The summed E-state index contributed by atoms with van der Waals surface area (Å²) in [6.07, 6.45) is 1.44. The van der Waals surface area contributed by atoms with Crippen LogP contribution < -0.4 is 10.6 Å². The molecule has 2 N–H and O–H groups in total. The summed E-state index contributed by atoms with van der Waals surface area (Å²) in [6, 6.07) is 10.4. The van der Waals surface area contributed by atoms with Gasteiger partial charge in [0.25, 0.3) is 5.91 Å². The minimum absolute atomic E-state index is 0.152. The first-order valence-electron chi connectivity index (χ1n) is 12.9. The summed E-state index contributed by atoms with van der Waals surface area (Å²) < 4.78 is 47.6. The molecule has 0 spiro atoms. The first-order chi connectivity index (χ1) is 18.7. The van der Waals surface area contributed by atoms with Gasteiger partial charge in [0.05, 0.1) is 17.6 Å². The number of carbonyl (C=O) groups is 1. The molecule has 1 aliphatic carbocycles. The number of nitrogens with one attached hydrogen (secondary N) is 2. The lowest BCUT2D eigenvalue weighted by Crippen LogP contribution is -2.16. The molecule has 39 heavy (non-hydrogen) atoms. The third-order valence-electron chi connectivity index (χ3n) is 6.07. The molecule has 0 radical (unpaired) electrons. The Morgan fingerprint density at radius 2 is 1.87 bits per heavy atom. The molecule has 0 aliphatic heterocycles. The number of benzene rings is 1. The monoisotopic (exact) mass is 540 g/mol. The lowest BCUT2D eigenvalue weighted by Gasteiger charge is -2.07. The van der Waals surface area contributed by atoms with E-state index >= 15 is 0 Å². The Bertz CT molecular complexity index is 1410. The van der Waals surface area contributed by atoms with Gasteiger partial charge in [0.1, 0.15) is 12.1 Å². The third-order valence-corrected chi connectivity index (χ3v) is 6.07. The molecule has 5 rings (SSSR count). The molecule has 1 aromatic carbocycles. The van der Waals surface area contributed by atoms with Crippen molar-refractivity contribution in [1.29, 1.82) is 0 Å². The van der Waals surface area contributed by atoms with Crippen molar-refractivity contribution in [3.8, 4) is 17.1 Å². The summed E-state index contributed by atoms with van der Waals surface area (Å²) in [5.41, 5.74) is 0.205. The SMILES string of the molecule is CC.CC(C)c1ccc(-n2cc(NC(=O)c3coc(-c4ccnc(NCC5CC5)c4)n3)c(C(F)(F)F)n2)cc1. The van der Waals surface area contributed by atoms with Crippen LogP contribution in [0.25, 0.3) is 17.1 Å². The van der Waals surface area contributed by atoms with Crippen molar-refractivity contribution in [2.24, 2.45) is 5.92 Å². The topological polar surface area (TPSA) is 97.9 Å². The van der Waals surface area contributed by atoms with Crippen LogP contribution in [-0.4, -0.2) is 32.2 Å². The van der Waals surface area contributed by atoms with Crippen LogP contribution in [0.15, 0.2) is 59.5 Å². The zero-order valence-electron chi connectivity index (χ0n) is 22.2. The summed E-state index contributed by atoms with van der Waals surface area (Å²) >= 11 is 0. The van der Waals surface area contributed by atoms with Crippen LogP contribution in [-0.2, 0) is 6.18 Å². The Labute approximate surface area is 224 Å². The fourth-order valence-corrected chi connectivity index (χ4v) is 3.75. The molecule has 0 bridgehead atoms. The lowest BCUT2D eigenvalue weighted by molar-refractivity contribution is -0.140. The van der Waals surface area contributed by atoms with E-state index in [0.29, 0.717) is 23.0 Å². The summed E-state index contributed by atoms with van der Waals surface area (Å²) in [4.78, 5) is 21.2. The van der Waals surface area contributed by atoms with Crippen molar-refractivity contribution in [3.05, 3.63) is 72.0 Å². The second-order valence-corrected chi connectivity index (χ2v) is 9.33. The van der Waals surface area contributed by atoms with E-state index in [9.17, 15) is 18.0 Å². The zero-order chi connectivity index (χ0) is 28.2. The maximum atomic E-state index is 13.7. The summed E-state index contributed by atoms with van der Waals surface area (Å²) in [5.74, 6) is 0.887. The van der Waals surface area contributed by atoms with Crippen molar-refractivity contribution in [3.63, 3.8) is 0 Å². The highest BCUT2D eigenvalue weighted by Gasteiger charge is 2.38. The number of halogens is 3. The van der Waals surface area contributed by atoms with Gasteiger partial charge in [0, 0.05) is 18.3 Å². The Morgan fingerprint density at radius 1 is 1.15 bits per heavy atom. The van der Waals surface area contributed by atoms with Crippen LogP contribution in [0.2, 0.25) is 0 Å². The number of amides is 1. The fraction of sp³-hybridized carbons (Fsp3) is 0.357. The molecule has 0 unspecified atom stereocenters. The molecule has 0 atom stereocenters. The average Bonchev–Trinajstić information content (AvgIpc) is 3.43. The number of pyridine rings is 1. The first kappa shape index (κ1) is 27.9. The average molecular weight is 541 g/mol. The molecule has 8 nitrogen and oxygen atoms in total. The molecule has 4 aromatic rings. The Hall–Kier alpha value is -4.15. The molecule has 1 fully saturated rings. The van der Waals surface area contributed by atoms with Crippen LogP contribution in [0, 0.1) is 5.92 Å². The lowest BCUT2D eigenvalue weighted by atomic mass is 10.0. The van der Waals surface area contributed by atoms with E-state index in [1.807, 2.05) is 39.8 Å². The van der Waals surface area contributed by atoms with Crippen molar-refractivity contribution in [1.82, 2.24) is 19.7 Å². The van der Waals surface area contributed by atoms with Gasteiger partial charge in [-0.05, 0) is 54.5 Å². The molecule has 11 heteroatoms. The second-order valence-electron chi connectivity index (χ2n) is 9.33. The molecule has 1 saturated carbocycles. The highest BCUT2D eigenvalue weighted by Crippen LogP contribution is 2.35. The summed E-state index contributed by atoms with van der Waals surface area (Å²) in [5, 5.41) is 9.22. The molecule has 3 heterocycles. The van der Waals surface area contributed by atoms with Crippen molar-refractivity contribution in [2.75, 3.05) is 17.2 Å². The fourth-order valence-electron chi connectivity index (χ4n) is 3.75. The third kappa shape index (κ3) is 6.84. The number of hydrogen-bond donors (Lipinski definition) is 2. The molecule has 1 aliphatic rings. The van der Waals surface area contributed by atoms with Gasteiger partial charge in [-0.2, -0.15) is 18.3 Å². The van der Waals surface area contributed by atoms with Crippen LogP contribution in [0.4, 0.5) is 24.7 Å². The molecule has 206 valence electrons. The van der Waals surface area contributed by atoms with Gasteiger partial charge in [-0.3, -0.25) is 4.79 Å². The van der Waals surface area contributed by atoms with Crippen molar-refractivity contribution >= 4 is 17.4 Å². The van der Waals surface area contributed by atoms with Gasteiger partial charge < -0.3 is 15.1 Å². The van der Waals surface area contributed by atoms with Gasteiger partial charge in [-0.15, -0.1) is 0 Å². The Kier molecular flexibility index (Phi) is 8.37. The van der Waals surface area contributed by atoms with E-state index in [0.717, 1.165) is 29.3 Å². The summed E-state index contributed by atoms with van der Waals surface area (Å²) in [6.45, 7) is 8.87. The van der Waals surface area contributed by atoms with Gasteiger partial charge in [0.15, 0.2) is 11.4 Å². The standard InChI is InChI=1S/C26H25F3N6O2.C2H6/c1-15(2)17-5-7-19(8-6-17)35-13-20(23(34-35)26(27,28)29)32-24(36)21-14-37-25(33-21)18-9-10-30-22(11-18)31-12-16-3-4-16;1-2/h5-11,13-16H,3-4,12H2,1-2H3,(H,30,31)(H,32,36);1-2H3. The maximum Gasteiger partial charge on any atom is 0.437 e. The number of oxazole rings is 1. The summed E-state index contributed by atoms with van der Waals surface area (Å²) in [7, 11) is 0. The Balaban J connectivity index is 0.00000172. The maximum absolute atomic E-state index is 13.7. The van der Waals surface area contributed by atoms with E-state index in [1.165, 1.54) is 12.8 Å². The zero-order valence-corrected chi connectivity index (χ0v) is 22.2. The van der Waals surface area contributed by atoms with Crippen molar-refractivity contribution < 1.29 is 22.4 Å². The van der Waals surface area contributed by atoms with E-state index in [-0.39, 0.29) is 17.5 Å². The minimum atomic E-state index is -4.78.